The highest BCUT2D eigenvalue weighted by atomic mass is 16.6. The van der Waals surface area contributed by atoms with E-state index in [1.54, 1.807) is 0 Å². The number of benzene rings is 2. The lowest BCUT2D eigenvalue weighted by molar-refractivity contribution is 0.0523. The molecule has 1 amide bonds. The number of carbonyl (C=O) groups is 1. The van der Waals surface area contributed by atoms with Crippen LogP contribution in [0, 0.1) is 0 Å². The fourth-order valence-corrected chi connectivity index (χ4v) is 4.09. The first kappa shape index (κ1) is 22.1. The highest BCUT2D eigenvalue weighted by molar-refractivity contribution is 5.81. The number of nitrogens with zero attached hydrogens (tertiary/aromatic N) is 2. The van der Waals surface area contributed by atoms with Crippen LogP contribution in [0.2, 0.25) is 0 Å². The van der Waals surface area contributed by atoms with E-state index in [-0.39, 0.29) is 10.4 Å². The number of amides is 1. The molecule has 4 rings (SSSR count). The Labute approximate surface area is 194 Å². The molecule has 0 spiro atoms. The molecule has 0 aliphatic carbocycles. The molecule has 0 radical (unpaired) electrons. The first-order valence-electron chi connectivity index (χ1n) is 11.3. The molecule has 1 aromatic heterocycles. The lowest BCUT2D eigenvalue weighted by Gasteiger charge is -2.33. The van der Waals surface area contributed by atoms with Crippen LogP contribution >= 0.6 is 0 Å². The van der Waals surface area contributed by atoms with E-state index in [1.807, 2.05) is 27.0 Å². The van der Waals surface area contributed by atoms with Crippen molar-refractivity contribution in [1.82, 2.24) is 20.4 Å². The summed E-state index contributed by atoms with van der Waals surface area (Å²) in [5.41, 5.74) is 4.07. The molecule has 0 bridgehead atoms. The van der Waals surface area contributed by atoms with Crippen molar-refractivity contribution in [2.24, 2.45) is 0 Å². The number of carbonyl (C=O) groups excluding carboxylic acids is 1. The number of alkyl carbamates (subject to hydrolysis) is 1. The maximum atomic E-state index is 11.8. The number of nitrogens with one attached hydrogen (secondary N) is 3. The van der Waals surface area contributed by atoms with Gasteiger partial charge in [-0.3, -0.25) is 10.00 Å². The molecular formula is C25H39N5O2. The quantitative estimate of drug-likeness (QED) is 0.477. The third-order valence-electron chi connectivity index (χ3n) is 5.58. The van der Waals surface area contributed by atoms with Crippen molar-refractivity contribution in [2.75, 3.05) is 18.4 Å². The number of H-pyrrole nitrogens is 1. The lowest BCUT2D eigenvalue weighted by atomic mass is 10.0. The van der Waals surface area contributed by atoms with E-state index in [9.17, 15) is 4.79 Å². The van der Waals surface area contributed by atoms with Crippen molar-refractivity contribution < 1.29 is 13.8 Å². The lowest BCUT2D eigenvalue weighted by Crippen LogP contribution is -2.41. The smallest absolute Gasteiger partial charge is 0.407 e. The van der Waals surface area contributed by atoms with Crippen LogP contribution in [0.1, 0.15) is 49.0 Å². The Morgan fingerprint density at radius 1 is 1.22 bits per heavy atom. The van der Waals surface area contributed by atoms with Gasteiger partial charge < -0.3 is 15.4 Å². The number of anilines is 1. The fourth-order valence-electron chi connectivity index (χ4n) is 4.09. The van der Waals surface area contributed by atoms with E-state index in [0.29, 0.717) is 12.6 Å². The largest absolute Gasteiger partial charge is 0.444 e. The summed E-state index contributed by atoms with van der Waals surface area (Å²) in [5, 5.41) is 14.7. The van der Waals surface area contributed by atoms with Gasteiger partial charge in [0.05, 0.1) is 11.7 Å². The van der Waals surface area contributed by atoms with Gasteiger partial charge in [-0.1, -0.05) is 24.3 Å². The second kappa shape index (κ2) is 9.61. The Balaban J connectivity index is 0.00000204. The van der Waals surface area contributed by atoms with Crippen LogP contribution in [0.3, 0.4) is 0 Å². The molecule has 1 aliphatic heterocycles. The molecule has 3 aromatic rings. The van der Waals surface area contributed by atoms with E-state index in [2.05, 4.69) is 68.2 Å². The monoisotopic (exact) mass is 441 g/mol. The van der Waals surface area contributed by atoms with E-state index in [4.69, 9.17) is 4.74 Å². The summed E-state index contributed by atoms with van der Waals surface area (Å²) in [4.78, 5) is 14.3. The number of hydrogen-bond acceptors (Lipinski definition) is 5. The summed E-state index contributed by atoms with van der Waals surface area (Å²) >= 11 is 0. The Morgan fingerprint density at radius 3 is 2.78 bits per heavy atom. The van der Waals surface area contributed by atoms with Crippen LogP contribution < -0.4 is 10.6 Å². The highest BCUT2D eigenvalue weighted by Gasteiger charge is 2.20. The second-order valence-electron chi connectivity index (χ2n) is 9.56. The fraction of sp³-hybridized carbons (Fsp3) is 0.440. The van der Waals surface area contributed by atoms with Crippen LogP contribution in [-0.2, 0) is 17.8 Å². The van der Waals surface area contributed by atoms with Gasteiger partial charge >= 0.3 is 6.09 Å². The number of likely N-dealkylation sites (tertiary alicyclic amines) is 1. The number of aromatic nitrogens is 2. The van der Waals surface area contributed by atoms with Crippen molar-refractivity contribution >= 4 is 22.7 Å². The first-order chi connectivity index (χ1) is 15.3. The maximum absolute atomic E-state index is 11.8. The van der Waals surface area contributed by atoms with Crippen molar-refractivity contribution in [2.45, 2.75) is 58.3 Å². The number of hydrogen-bond donors (Lipinski definition) is 3. The molecule has 1 aliphatic rings. The third-order valence-corrected chi connectivity index (χ3v) is 5.58. The normalized spacial score (nSPS) is 17.3. The summed E-state index contributed by atoms with van der Waals surface area (Å²) in [6, 6.07) is 15.2. The van der Waals surface area contributed by atoms with Gasteiger partial charge in [0, 0.05) is 41.0 Å². The number of fused-ring (bicyclic) bond motifs is 1. The zero-order valence-electron chi connectivity index (χ0n) is 19.1. The van der Waals surface area contributed by atoms with Crippen LogP contribution in [0.25, 0.3) is 10.9 Å². The van der Waals surface area contributed by atoms with Gasteiger partial charge in [0.2, 0.25) is 0 Å². The highest BCUT2D eigenvalue weighted by Crippen LogP contribution is 2.21. The number of aromatic amines is 1. The minimum absolute atomic E-state index is 0. The molecule has 2 heterocycles. The summed E-state index contributed by atoms with van der Waals surface area (Å²) in [6.45, 7) is 9.11. The predicted molar refractivity (Wildman–Crippen MR) is 134 cm³/mol. The van der Waals surface area contributed by atoms with Crippen molar-refractivity contribution in [3.8, 4) is 0 Å². The van der Waals surface area contributed by atoms with E-state index >= 15 is 0 Å². The molecule has 0 saturated carbocycles. The number of ether oxygens (including phenoxy) is 1. The Kier molecular flexibility index (Phi) is 6.65. The number of rotatable bonds is 6. The Hall–Kier alpha value is -3.06. The number of piperidine rings is 1. The molecule has 3 N–H and O–H groups in total. The molecule has 1 saturated heterocycles. The van der Waals surface area contributed by atoms with Crippen LogP contribution in [-0.4, -0.2) is 45.9 Å². The van der Waals surface area contributed by atoms with Gasteiger partial charge in [0.1, 0.15) is 5.60 Å². The second-order valence-corrected chi connectivity index (χ2v) is 9.56. The van der Waals surface area contributed by atoms with E-state index in [1.165, 1.54) is 18.4 Å². The van der Waals surface area contributed by atoms with Crippen LogP contribution in [0.4, 0.5) is 10.5 Å². The molecule has 1 unspecified atom stereocenters. The Bertz CT molecular complexity index is 1050. The summed E-state index contributed by atoms with van der Waals surface area (Å²) < 4.78 is 5.29. The molecule has 7 nitrogen and oxygen atoms in total. The zero-order valence-corrected chi connectivity index (χ0v) is 19.1. The molecular weight excluding hydrogens is 402 g/mol. The molecule has 32 heavy (non-hydrogen) atoms. The summed E-state index contributed by atoms with van der Waals surface area (Å²) in [6.07, 6.45) is 3.83. The van der Waals surface area contributed by atoms with Gasteiger partial charge in [-0.25, -0.2) is 4.79 Å². The summed E-state index contributed by atoms with van der Waals surface area (Å²) in [7, 11) is 0. The van der Waals surface area contributed by atoms with Gasteiger partial charge in [-0.15, -0.1) is 0 Å². The van der Waals surface area contributed by atoms with Gasteiger partial charge in [-0.2, -0.15) is 5.10 Å². The third kappa shape index (κ3) is 6.23. The topological polar surface area (TPSA) is 82.3 Å². The van der Waals surface area contributed by atoms with Gasteiger partial charge in [0.15, 0.2) is 0 Å². The van der Waals surface area contributed by atoms with Crippen LogP contribution in [0.5, 0.6) is 0 Å². The Morgan fingerprint density at radius 2 is 2.00 bits per heavy atom. The standard InChI is InChI=1S/C25H33N5O2.3H2/c1-25(2,3)32-24(31)26-14-18-6-8-19(9-7-18)16-30-12-4-5-22(17-30)28-21-10-11-23-20(13-21)15-27-29-23;;;/h6-11,13,15,22,28H,4-5,12,14,16-17H2,1-3H3,(H,26,31)(H,27,29);3*1H. The predicted octanol–water partition coefficient (Wildman–Crippen LogP) is 5.40. The minimum Gasteiger partial charge on any atom is -0.444 e. The molecule has 1 fully saturated rings. The van der Waals surface area contributed by atoms with Crippen molar-refractivity contribution in [1.29, 1.82) is 0 Å². The first-order valence-corrected chi connectivity index (χ1v) is 11.3. The zero-order chi connectivity index (χ0) is 22.6. The SMILES string of the molecule is CC(C)(C)OC(=O)NCc1ccc(CN2CCCC(Nc3ccc4[nH]ncc4c3)C2)cc1.[HH].[HH].[HH]. The molecule has 2 aromatic carbocycles. The van der Waals surface area contributed by atoms with Gasteiger partial charge in [-0.05, 0) is 69.5 Å². The van der Waals surface area contributed by atoms with E-state index in [0.717, 1.165) is 41.8 Å². The molecule has 1 atom stereocenters. The van der Waals surface area contributed by atoms with Crippen molar-refractivity contribution in [3.05, 3.63) is 59.8 Å². The van der Waals surface area contributed by atoms with Crippen molar-refractivity contribution in [3.63, 3.8) is 0 Å². The van der Waals surface area contributed by atoms with E-state index < -0.39 is 5.60 Å². The van der Waals surface area contributed by atoms with Gasteiger partial charge in [0.25, 0.3) is 0 Å². The molecule has 176 valence electrons. The molecule has 7 heteroatoms. The maximum Gasteiger partial charge on any atom is 0.407 e. The average Bonchev–Trinajstić information content (AvgIpc) is 3.20. The minimum atomic E-state index is -0.485. The van der Waals surface area contributed by atoms with Crippen LogP contribution in [0.15, 0.2) is 48.7 Å². The summed E-state index contributed by atoms with van der Waals surface area (Å²) in [5.74, 6) is 0. The average molecular weight is 442 g/mol.